The average molecular weight is 622 g/mol. The first-order valence-electron chi connectivity index (χ1n) is 14.5. The van der Waals surface area contributed by atoms with Gasteiger partial charge in [0, 0.05) is 5.56 Å². The highest BCUT2D eigenvalue weighted by Gasteiger charge is 2.27. The maximum Gasteiger partial charge on any atom is 0.200 e. The van der Waals surface area contributed by atoms with Crippen LogP contribution in [0.1, 0.15) is 32.6 Å². The molecule has 0 radical (unpaired) electrons. The summed E-state index contributed by atoms with van der Waals surface area (Å²) in [5.41, 5.74) is 7.67. The molecule has 1 atom stereocenters. The zero-order valence-electron chi connectivity index (χ0n) is 24.9. The van der Waals surface area contributed by atoms with Crippen LogP contribution in [-0.4, -0.2) is 25.9 Å². The number of nitrogen functional groups attached to an aromatic ring is 1. The maximum atomic E-state index is 14.9. The highest BCUT2D eigenvalue weighted by molar-refractivity contribution is 6.00. The van der Waals surface area contributed by atoms with Gasteiger partial charge in [0.2, 0.25) is 5.43 Å². The number of anilines is 1. The van der Waals surface area contributed by atoms with Gasteiger partial charge in [-0.2, -0.15) is 5.10 Å². The molecule has 46 heavy (non-hydrogen) atoms. The van der Waals surface area contributed by atoms with Gasteiger partial charge in [0.05, 0.1) is 22.4 Å². The molecule has 3 heterocycles. The van der Waals surface area contributed by atoms with Crippen molar-refractivity contribution in [1.82, 2.24) is 19.7 Å². The third-order valence-corrected chi connectivity index (χ3v) is 7.78. The van der Waals surface area contributed by atoms with Crippen molar-refractivity contribution in [1.29, 1.82) is 0 Å². The van der Waals surface area contributed by atoms with Gasteiger partial charge >= 0.3 is 0 Å². The Morgan fingerprint density at radius 2 is 1.67 bits per heavy atom. The molecule has 7 rings (SSSR count). The zero-order chi connectivity index (χ0) is 32.3. The SMILES string of the molecule is CC(C)Oc1cc2ccc(-c3nn([C@@H](C)c4oc5ccc(F)cc5c(=O)c4-c4cccc(F)c4)c4ncnc(N)c34)cc2cc1F. The van der Waals surface area contributed by atoms with Gasteiger partial charge in [-0.15, -0.1) is 0 Å². The van der Waals surface area contributed by atoms with Gasteiger partial charge < -0.3 is 14.9 Å². The molecule has 0 saturated heterocycles. The Morgan fingerprint density at radius 1 is 0.870 bits per heavy atom. The first kappa shape index (κ1) is 29.0. The van der Waals surface area contributed by atoms with Crippen LogP contribution < -0.4 is 15.9 Å². The van der Waals surface area contributed by atoms with Crippen LogP contribution >= 0.6 is 0 Å². The van der Waals surface area contributed by atoms with Crippen LogP contribution in [0.5, 0.6) is 5.75 Å². The van der Waals surface area contributed by atoms with E-state index in [1.807, 2.05) is 26.0 Å². The fourth-order valence-corrected chi connectivity index (χ4v) is 5.72. The van der Waals surface area contributed by atoms with Gasteiger partial charge in [-0.1, -0.05) is 24.3 Å². The van der Waals surface area contributed by atoms with Gasteiger partial charge in [0.1, 0.15) is 46.9 Å². The van der Waals surface area contributed by atoms with Crippen molar-refractivity contribution in [2.75, 3.05) is 5.73 Å². The predicted octanol–water partition coefficient (Wildman–Crippen LogP) is 7.82. The van der Waals surface area contributed by atoms with Crippen molar-refractivity contribution >= 4 is 38.6 Å². The molecule has 2 N–H and O–H groups in total. The highest BCUT2D eigenvalue weighted by Crippen LogP contribution is 2.38. The number of aromatic nitrogens is 4. The minimum absolute atomic E-state index is 0.0122. The molecule has 7 aromatic rings. The number of benzene rings is 4. The van der Waals surface area contributed by atoms with Crippen molar-refractivity contribution in [3.05, 3.63) is 113 Å². The maximum absolute atomic E-state index is 14.9. The van der Waals surface area contributed by atoms with Crippen molar-refractivity contribution in [3.8, 4) is 28.1 Å². The van der Waals surface area contributed by atoms with E-state index in [0.717, 1.165) is 11.5 Å². The fourth-order valence-electron chi connectivity index (χ4n) is 5.72. The molecule has 4 aromatic carbocycles. The van der Waals surface area contributed by atoms with E-state index < -0.39 is 28.9 Å². The first-order chi connectivity index (χ1) is 22.1. The topological polar surface area (TPSA) is 109 Å². The van der Waals surface area contributed by atoms with Gasteiger partial charge in [0.15, 0.2) is 17.2 Å². The number of hydrogen-bond acceptors (Lipinski definition) is 7. The summed E-state index contributed by atoms with van der Waals surface area (Å²) >= 11 is 0. The van der Waals surface area contributed by atoms with Crippen LogP contribution in [0.4, 0.5) is 19.0 Å². The summed E-state index contributed by atoms with van der Waals surface area (Å²) in [6.45, 7) is 5.40. The van der Waals surface area contributed by atoms with E-state index in [-0.39, 0.29) is 45.5 Å². The zero-order valence-corrected chi connectivity index (χ0v) is 24.9. The molecule has 0 fully saturated rings. The molecular weight excluding hydrogens is 595 g/mol. The molecule has 11 heteroatoms. The van der Waals surface area contributed by atoms with Crippen molar-refractivity contribution in [3.63, 3.8) is 0 Å². The number of halogens is 3. The predicted molar refractivity (Wildman–Crippen MR) is 170 cm³/mol. The summed E-state index contributed by atoms with van der Waals surface area (Å²) in [4.78, 5) is 22.5. The molecule has 0 spiro atoms. The van der Waals surface area contributed by atoms with E-state index in [1.54, 1.807) is 29.8 Å². The van der Waals surface area contributed by atoms with Crippen LogP contribution in [0.2, 0.25) is 0 Å². The Kier molecular flexibility index (Phi) is 6.96. The van der Waals surface area contributed by atoms with E-state index in [9.17, 15) is 18.0 Å². The lowest BCUT2D eigenvalue weighted by Gasteiger charge is -2.17. The standard InChI is InChI=1S/C35H26F3N5O3/c1-17(2)45-28-14-19-7-8-21(11-22(19)13-26(28)38)31-30-34(39)40-16-41-35(30)43(42-31)18(3)33-29(20-5-4-6-23(36)12-20)32(44)25-15-24(37)9-10-27(25)46-33/h4-18H,1-3H3,(H2,39,40,41)/t18-/m0/s1. The summed E-state index contributed by atoms with van der Waals surface area (Å²) in [6, 6.07) is 16.9. The Hall–Kier alpha value is -5.71. The summed E-state index contributed by atoms with van der Waals surface area (Å²) in [5, 5.41) is 6.70. The quantitative estimate of drug-likeness (QED) is 0.202. The summed E-state index contributed by atoms with van der Waals surface area (Å²) in [5.74, 6) is -1.20. The second-order valence-electron chi connectivity index (χ2n) is 11.3. The Morgan fingerprint density at radius 3 is 2.46 bits per heavy atom. The molecular formula is C35H26F3N5O3. The largest absolute Gasteiger partial charge is 0.488 e. The van der Waals surface area contributed by atoms with Gasteiger partial charge in [-0.25, -0.2) is 27.8 Å². The molecule has 230 valence electrons. The number of hydrogen-bond donors (Lipinski definition) is 1. The normalized spacial score (nSPS) is 12.4. The molecule has 0 unspecified atom stereocenters. The molecule has 3 aromatic heterocycles. The van der Waals surface area contributed by atoms with Crippen LogP contribution in [0.15, 0.2) is 88.3 Å². The van der Waals surface area contributed by atoms with Gasteiger partial charge in [0.25, 0.3) is 0 Å². The molecule has 0 bridgehead atoms. The third-order valence-electron chi connectivity index (χ3n) is 7.78. The Balaban J connectivity index is 1.44. The number of nitrogens with zero attached hydrogens (tertiary/aromatic N) is 4. The number of ether oxygens (including phenoxy) is 1. The lowest BCUT2D eigenvalue weighted by molar-refractivity contribution is 0.231. The highest BCUT2D eigenvalue weighted by atomic mass is 19.1. The van der Waals surface area contributed by atoms with Crippen molar-refractivity contribution in [2.45, 2.75) is 32.9 Å². The molecule has 0 aliphatic rings. The lowest BCUT2D eigenvalue weighted by Crippen LogP contribution is -2.16. The summed E-state index contributed by atoms with van der Waals surface area (Å²) < 4.78 is 57.0. The van der Waals surface area contributed by atoms with E-state index in [2.05, 4.69) is 9.97 Å². The second kappa shape index (κ2) is 11.0. The van der Waals surface area contributed by atoms with E-state index in [4.69, 9.17) is 20.0 Å². The molecule has 0 saturated carbocycles. The van der Waals surface area contributed by atoms with Crippen molar-refractivity contribution in [2.24, 2.45) is 0 Å². The second-order valence-corrected chi connectivity index (χ2v) is 11.3. The van der Waals surface area contributed by atoms with Crippen molar-refractivity contribution < 1.29 is 22.3 Å². The Bertz CT molecular complexity index is 2390. The molecule has 8 nitrogen and oxygen atoms in total. The third kappa shape index (κ3) is 4.90. The van der Waals surface area contributed by atoms with E-state index >= 15 is 0 Å². The van der Waals surface area contributed by atoms with Crippen LogP contribution in [0, 0.1) is 17.5 Å². The van der Waals surface area contributed by atoms with Crippen LogP contribution in [0.3, 0.4) is 0 Å². The monoisotopic (exact) mass is 621 g/mol. The van der Waals surface area contributed by atoms with Gasteiger partial charge in [-0.05, 0) is 85.6 Å². The molecule has 0 amide bonds. The van der Waals surface area contributed by atoms with E-state index in [1.165, 1.54) is 42.7 Å². The summed E-state index contributed by atoms with van der Waals surface area (Å²) in [6.07, 6.45) is 1.10. The van der Waals surface area contributed by atoms with Crippen LogP contribution in [-0.2, 0) is 0 Å². The van der Waals surface area contributed by atoms with Crippen LogP contribution in [0.25, 0.3) is 55.2 Å². The average Bonchev–Trinajstić information content (AvgIpc) is 3.42. The lowest BCUT2D eigenvalue weighted by atomic mass is 9.99. The Labute approximate surface area is 259 Å². The van der Waals surface area contributed by atoms with E-state index in [0.29, 0.717) is 27.7 Å². The number of fused-ring (bicyclic) bond motifs is 3. The minimum atomic E-state index is -0.792. The fraction of sp³-hybridized carbons (Fsp3) is 0.143. The number of rotatable bonds is 6. The smallest absolute Gasteiger partial charge is 0.200 e. The van der Waals surface area contributed by atoms with Gasteiger partial charge in [-0.3, -0.25) is 4.79 Å². The first-order valence-corrected chi connectivity index (χ1v) is 14.5. The minimum Gasteiger partial charge on any atom is -0.488 e. The molecule has 0 aliphatic heterocycles. The number of nitrogens with two attached hydrogens (primary N) is 1. The summed E-state index contributed by atoms with van der Waals surface area (Å²) in [7, 11) is 0. The molecule has 0 aliphatic carbocycles.